The summed E-state index contributed by atoms with van der Waals surface area (Å²) in [5, 5.41) is 4.05. The molecule has 1 heterocycles. The standard InChI is InChI=1S/C16H15ClFN/c17-14-7-3-2-6-13(14)16(10-19-11-16)9-12-5-1-4-8-15(12)18/h1-8,19H,9-11H2. The van der Waals surface area contributed by atoms with E-state index in [0.29, 0.717) is 6.42 Å². The van der Waals surface area contributed by atoms with E-state index in [1.165, 1.54) is 6.07 Å². The van der Waals surface area contributed by atoms with Crippen LogP contribution in [0.15, 0.2) is 48.5 Å². The second-order valence-electron chi connectivity index (χ2n) is 5.13. The third kappa shape index (κ3) is 2.26. The molecular formula is C16H15ClFN. The lowest BCUT2D eigenvalue weighted by Crippen LogP contribution is -2.58. The lowest BCUT2D eigenvalue weighted by Gasteiger charge is -2.44. The Kier molecular flexibility index (Phi) is 3.29. The number of nitrogens with one attached hydrogen (secondary N) is 1. The van der Waals surface area contributed by atoms with Crippen molar-refractivity contribution < 1.29 is 4.39 Å². The second-order valence-corrected chi connectivity index (χ2v) is 5.54. The second kappa shape index (κ2) is 4.95. The largest absolute Gasteiger partial charge is 0.315 e. The van der Waals surface area contributed by atoms with Crippen molar-refractivity contribution in [3.8, 4) is 0 Å². The highest BCUT2D eigenvalue weighted by molar-refractivity contribution is 6.31. The Morgan fingerprint density at radius 3 is 2.37 bits per heavy atom. The van der Waals surface area contributed by atoms with Crippen molar-refractivity contribution in [2.24, 2.45) is 0 Å². The van der Waals surface area contributed by atoms with Crippen LogP contribution in [0.1, 0.15) is 11.1 Å². The van der Waals surface area contributed by atoms with E-state index in [-0.39, 0.29) is 11.2 Å². The maximum absolute atomic E-state index is 13.8. The highest BCUT2D eigenvalue weighted by atomic mass is 35.5. The van der Waals surface area contributed by atoms with Gasteiger partial charge in [-0.3, -0.25) is 0 Å². The van der Waals surface area contributed by atoms with Crippen LogP contribution in [-0.4, -0.2) is 13.1 Å². The molecule has 0 aromatic heterocycles. The molecule has 2 aromatic rings. The van der Waals surface area contributed by atoms with Crippen molar-refractivity contribution in [3.05, 3.63) is 70.5 Å². The zero-order chi connectivity index (χ0) is 13.3. The van der Waals surface area contributed by atoms with Crippen molar-refractivity contribution in [3.63, 3.8) is 0 Å². The SMILES string of the molecule is Fc1ccccc1CC1(c2ccccc2Cl)CNC1. The van der Waals surface area contributed by atoms with E-state index in [9.17, 15) is 4.39 Å². The minimum absolute atomic E-state index is 0.0828. The molecule has 1 aliphatic rings. The molecule has 19 heavy (non-hydrogen) atoms. The molecule has 1 N–H and O–H groups in total. The Morgan fingerprint density at radius 1 is 1.05 bits per heavy atom. The number of halogens is 2. The van der Waals surface area contributed by atoms with Crippen molar-refractivity contribution >= 4 is 11.6 Å². The summed E-state index contributed by atoms with van der Waals surface area (Å²) in [7, 11) is 0. The molecule has 1 fully saturated rings. The topological polar surface area (TPSA) is 12.0 Å². The lowest BCUT2D eigenvalue weighted by molar-refractivity contribution is 0.272. The summed E-state index contributed by atoms with van der Waals surface area (Å²) in [5.74, 6) is -0.138. The van der Waals surface area contributed by atoms with Gasteiger partial charge in [0.2, 0.25) is 0 Å². The zero-order valence-corrected chi connectivity index (χ0v) is 11.3. The van der Waals surface area contributed by atoms with Gasteiger partial charge in [0.25, 0.3) is 0 Å². The van der Waals surface area contributed by atoms with Crippen LogP contribution >= 0.6 is 11.6 Å². The van der Waals surface area contributed by atoms with Crippen LogP contribution < -0.4 is 5.32 Å². The monoisotopic (exact) mass is 275 g/mol. The van der Waals surface area contributed by atoms with Crippen LogP contribution in [0.4, 0.5) is 4.39 Å². The summed E-state index contributed by atoms with van der Waals surface area (Å²) in [4.78, 5) is 0. The summed E-state index contributed by atoms with van der Waals surface area (Å²) >= 11 is 6.31. The van der Waals surface area contributed by atoms with Gasteiger partial charge in [0.15, 0.2) is 0 Å². The summed E-state index contributed by atoms with van der Waals surface area (Å²) in [6.45, 7) is 1.68. The summed E-state index contributed by atoms with van der Waals surface area (Å²) in [6, 6.07) is 14.8. The van der Waals surface area contributed by atoms with Crippen molar-refractivity contribution in [1.82, 2.24) is 5.32 Å². The fraction of sp³-hybridized carbons (Fsp3) is 0.250. The maximum atomic E-state index is 13.8. The Bertz CT molecular complexity index is 593. The van der Waals surface area contributed by atoms with Gasteiger partial charge in [-0.2, -0.15) is 0 Å². The minimum atomic E-state index is -0.138. The van der Waals surface area contributed by atoms with Crippen LogP contribution in [0.5, 0.6) is 0 Å². The van der Waals surface area contributed by atoms with Gasteiger partial charge in [-0.1, -0.05) is 48.0 Å². The number of benzene rings is 2. The van der Waals surface area contributed by atoms with E-state index in [0.717, 1.165) is 29.2 Å². The number of hydrogen-bond acceptors (Lipinski definition) is 1. The molecule has 0 radical (unpaired) electrons. The average molecular weight is 276 g/mol. The lowest BCUT2D eigenvalue weighted by atomic mass is 9.71. The average Bonchev–Trinajstić information content (AvgIpc) is 2.37. The first kappa shape index (κ1) is 12.6. The third-order valence-electron chi connectivity index (χ3n) is 3.86. The Morgan fingerprint density at radius 2 is 1.74 bits per heavy atom. The predicted molar refractivity (Wildman–Crippen MR) is 76.1 cm³/mol. The normalized spacial score (nSPS) is 16.9. The highest BCUT2D eigenvalue weighted by Crippen LogP contribution is 2.37. The van der Waals surface area contributed by atoms with Gasteiger partial charge >= 0.3 is 0 Å². The molecule has 0 saturated carbocycles. The molecule has 0 unspecified atom stereocenters. The van der Waals surface area contributed by atoms with E-state index >= 15 is 0 Å². The van der Waals surface area contributed by atoms with Gasteiger partial charge in [-0.05, 0) is 29.7 Å². The number of hydrogen-bond donors (Lipinski definition) is 1. The molecule has 1 saturated heterocycles. The van der Waals surface area contributed by atoms with Crippen LogP contribution in [0.3, 0.4) is 0 Å². The number of rotatable bonds is 3. The molecule has 0 bridgehead atoms. The minimum Gasteiger partial charge on any atom is -0.315 e. The molecule has 3 rings (SSSR count). The van der Waals surface area contributed by atoms with Crippen LogP contribution in [0, 0.1) is 5.82 Å². The van der Waals surface area contributed by atoms with Gasteiger partial charge in [0, 0.05) is 23.5 Å². The fourth-order valence-electron chi connectivity index (χ4n) is 2.74. The van der Waals surface area contributed by atoms with Gasteiger partial charge < -0.3 is 5.32 Å². The van der Waals surface area contributed by atoms with E-state index in [1.54, 1.807) is 6.07 Å². The van der Waals surface area contributed by atoms with Crippen molar-refractivity contribution in [2.45, 2.75) is 11.8 Å². The van der Waals surface area contributed by atoms with E-state index in [4.69, 9.17) is 11.6 Å². The first-order valence-electron chi connectivity index (χ1n) is 6.40. The van der Waals surface area contributed by atoms with Gasteiger partial charge in [0.1, 0.15) is 5.82 Å². The molecule has 1 nitrogen and oxygen atoms in total. The predicted octanol–water partition coefficient (Wildman–Crippen LogP) is 3.56. The summed E-state index contributed by atoms with van der Waals surface area (Å²) < 4.78 is 13.8. The van der Waals surface area contributed by atoms with Gasteiger partial charge in [0.05, 0.1) is 0 Å². The van der Waals surface area contributed by atoms with Crippen LogP contribution in [-0.2, 0) is 11.8 Å². The molecule has 0 atom stereocenters. The maximum Gasteiger partial charge on any atom is 0.126 e. The molecule has 0 aliphatic carbocycles. The van der Waals surface area contributed by atoms with E-state index in [2.05, 4.69) is 5.32 Å². The molecule has 1 aliphatic heterocycles. The van der Waals surface area contributed by atoms with Crippen molar-refractivity contribution in [1.29, 1.82) is 0 Å². The Hall–Kier alpha value is -1.38. The summed E-state index contributed by atoms with van der Waals surface area (Å²) in [6.07, 6.45) is 0.677. The van der Waals surface area contributed by atoms with Gasteiger partial charge in [-0.15, -0.1) is 0 Å². The molecule has 98 valence electrons. The Balaban J connectivity index is 1.97. The van der Waals surface area contributed by atoms with Crippen LogP contribution in [0.2, 0.25) is 5.02 Å². The Labute approximate surface area is 117 Å². The quantitative estimate of drug-likeness (QED) is 0.903. The molecular weight excluding hydrogens is 261 g/mol. The van der Waals surface area contributed by atoms with Gasteiger partial charge in [-0.25, -0.2) is 4.39 Å². The van der Waals surface area contributed by atoms with E-state index < -0.39 is 0 Å². The first-order chi connectivity index (χ1) is 9.21. The summed E-state index contributed by atoms with van der Waals surface area (Å²) in [5.41, 5.74) is 1.78. The molecule has 3 heteroatoms. The fourth-order valence-corrected chi connectivity index (χ4v) is 3.07. The van der Waals surface area contributed by atoms with Crippen molar-refractivity contribution in [2.75, 3.05) is 13.1 Å². The third-order valence-corrected chi connectivity index (χ3v) is 4.19. The van der Waals surface area contributed by atoms with Crippen LogP contribution in [0.25, 0.3) is 0 Å². The van der Waals surface area contributed by atoms with E-state index in [1.807, 2.05) is 36.4 Å². The first-order valence-corrected chi connectivity index (χ1v) is 6.78. The molecule has 0 amide bonds. The molecule has 0 spiro atoms. The highest BCUT2D eigenvalue weighted by Gasteiger charge is 2.40. The molecule has 2 aromatic carbocycles. The zero-order valence-electron chi connectivity index (χ0n) is 10.5. The smallest absolute Gasteiger partial charge is 0.126 e.